The van der Waals surface area contributed by atoms with E-state index in [1.54, 1.807) is 0 Å². The van der Waals surface area contributed by atoms with E-state index in [9.17, 15) is 4.79 Å². The molecule has 1 fully saturated rings. The summed E-state index contributed by atoms with van der Waals surface area (Å²) in [4.78, 5) is 10.8. The highest BCUT2D eigenvalue weighted by Crippen LogP contribution is 2.35. The van der Waals surface area contributed by atoms with Gasteiger partial charge >= 0.3 is 5.97 Å². The third kappa shape index (κ3) is 3.14. The van der Waals surface area contributed by atoms with Crippen molar-refractivity contribution >= 4 is 5.97 Å². The number of aliphatic carboxylic acids is 1. The molecular weight excluding hydrogens is 252 g/mol. The second kappa shape index (κ2) is 5.86. The molecule has 2 aliphatic rings. The van der Waals surface area contributed by atoms with Gasteiger partial charge in [0.1, 0.15) is 5.75 Å². The Morgan fingerprint density at radius 3 is 2.80 bits per heavy atom. The molecule has 1 aliphatic heterocycles. The van der Waals surface area contributed by atoms with Gasteiger partial charge < -0.3 is 9.84 Å². The molecule has 1 aromatic carbocycles. The van der Waals surface area contributed by atoms with Crippen molar-refractivity contribution in [3.8, 4) is 5.75 Å². The lowest BCUT2D eigenvalue weighted by molar-refractivity contribution is -0.136. The minimum Gasteiger partial charge on any atom is -0.490 e. The van der Waals surface area contributed by atoms with Crippen molar-refractivity contribution in [2.45, 2.75) is 57.5 Å². The monoisotopic (exact) mass is 274 g/mol. The summed E-state index contributed by atoms with van der Waals surface area (Å²) in [6.07, 6.45) is 9.17. The molecule has 108 valence electrons. The summed E-state index contributed by atoms with van der Waals surface area (Å²) in [6.45, 7) is 0. The smallest absolute Gasteiger partial charge is 0.307 e. The summed E-state index contributed by atoms with van der Waals surface area (Å²) in [5, 5.41) is 8.87. The lowest BCUT2D eigenvalue weighted by atomic mass is 9.93. The lowest BCUT2D eigenvalue weighted by Crippen LogP contribution is -2.25. The molecule has 0 bridgehead atoms. The maximum atomic E-state index is 10.8. The molecule has 3 heteroatoms. The molecule has 0 amide bonds. The Labute approximate surface area is 120 Å². The van der Waals surface area contributed by atoms with Gasteiger partial charge in [-0.15, -0.1) is 0 Å². The van der Waals surface area contributed by atoms with Crippen LogP contribution in [0.15, 0.2) is 18.2 Å². The number of carboxylic acids is 1. The Kier molecular flexibility index (Phi) is 3.95. The zero-order chi connectivity index (χ0) is 13.9. The number of carboxylic acid groups (broad SMARTS) is 1. The summed E-state index contributed by atoms with van der Waals surface area (Å²) in [7, 11) is 0. The average Bonchev–Trinajstić information content (AvgIpc) is 2.90. The Morgan fingerprint density at radius 2 is 2.05 bits per heavy atom. The van der Waals surface area contributed by atoms with Gasteiger partial charge in [0.05, 0.1) is 12.5 Å². The van der Waals surface area contributed by atoms with Crippen LogP contribution in [0.3, 0.4) is 0 Å². The Morgan fingerprint density at radius 1 is 1.25 bits per heavy atom. The minimum absolute atomic E-state index is 0.0733. The van der Waals surface area contributed by atoms with Crippen LogP contribution in [0.2, 0.25) is 0 Å². The van der Waals surface area contributed by atoms with Crippen molar-refractivity contribution in [3.05, 3.63) is 29.3 Å². The maximum absolute atomic E-state index is 10.8. The Hall–Kier alpha value is -1.51. The molecule has 3 rings (SSSR count). The number of rotatable bonds is 4. The van der Waals surface area contributed by atoms with Crippen LogP contribution in [0.4, 0.5) is 0 Å². The van der Waals surface area contributed by atoms with Crippen LogP contribution in [0.25, 0.3) is 0 Å². The highest BCUT2D eigenvalue weighted by molar-refractivity contribution is 5.70. The molecule has 1 aliphatic carbocycles. The zero-order valence-corrected chi connectivity index (χ0v) is 11.8. The van der Waals surface area contributed by atoms with Crippen molar-refractivity contribution < 1.29 is 14.6 Å². The first-order valence-corrected chi connectivity index (χ1v) is 7.71. The molecule has 20 heavy (non-hydrogen) atoms. The molecular formula is C17H22O3. The van der Waals surface area contributed by atoms with E-state index >= 15 is 0 Å². The molecule has 1 atom stereocenters. The minimum atomic E-state index is -0.789. The molecule has 1 heterocycles. The maximum Gasteiger partial charge on any atom is 0.307 e. The summed E-state index contributed by atoms with van der Waals surface area (Å²) in [5.41, 5.74) is 2.06. The highest BCUT2D eigenvalue weighted by Gasteiger charge is 2.25. The first-order valence-electron chi connectivity index (χ1n) is 7.71. The van der Waals surface area contributed by atoms with Crippen LogP contribution in [0, 0.1) is 5.92 Å². The van der Waals surface area contributed by atoms with E-state index < -0.39 is 5.97 Å². The predicted octanol–water partition coefficient (Wildman–Crippen LogP) is 3.59. The second-order valence-electron chi connectivity index (χ2n) is 6.18. The van der Waals surface area contributed by atoms with Gasteiger partial charge in [-0.25, -0.2) is 0 Å². The van der Waals surface area contributed by atoms with Crippen LogP contribution in [0.5, 0.6) is 5.75 Å². The van der Waals surface area contributed by atoms with Gasteiger partial charge in [0, 0.05) is 0 Å². The summed E-state index contributed by atoms with van der Waals surface area (Å²) in [6, 6.07) is 5.86. The second-order valence-corrected chi connectivity index (χ2v) is 6.18. The normalized spacial score (nSPS) is 22.3. The Bertz CT molecular complexity index is 489. The standard InChI is InChI=1S/C17H22O3/c18-17(19)11-13-5-6-14-7-8-15(20-16(14)10-13)9-12-3-1-2-4-12/h5-6,10,12,15H,1-4,7-9,11H2,(H,18,19). The number of ether oxygens (including phenoxy) is 1. The quantitative estimate of drug-likeness (QED) is 0.912. The molecule has 0 radical (unpaired) electrons. The van der Waals surface area contributed by atoms with E-state index in [2.05, 4.69) is 0 Å². The van der Waals surface area contributed by atoms with E-state index in [1.807, 2.05) is 18.2 Å². The van der Waals surface area contributed by atoms with Gasteiger partial charge in [-0.3, -0.25) is 4.79 Å². The highest BCUT2D eigenvalue weighted by atomic mass is 16.5. The first-order chi connectivity index (χ1) is 9.70. The van der Waals surface area contributed by atoms with Gasteiger partial charge in [-0.05, 0) is 42.4 Å². The van der Waals surface area contributed by atoms with Crippen LogP contribution < -0.4 is 4.74 Å². The number of carbonyl (C=O) groups is 1. The topological polar surface area (TPSA) is 46.5 Å². The first kappa shape index (κ1) is 13.5. The van der Waals surface area contributed by atoms with Gasteiger partial charge in [0.2, 0.25) is 0 Å². The third-order valence-corrected chi connectivity index (χ3v) is 4.59. The van der Waals surface area contributed by atoms with Crippen molar-refractivity contribution in [2.24, 2.45) is 5.92 Å². The number of benzene rings is 1. The molecule has 1 aromatic rings. The molecule has 0 spiro atoms. The third-order valence-electron chi connectivity index (χ3n) is 4.59. The van der Waals surface area contributed by atoms with Gasteiger partial charge in [-0.2, -0.15) is 0 Å². The van der Waals surface area contributed by atoms with E-state index in [0.717, 1.165) is 30.1 Å². The van der Waals surface area contributed by atoms with Crippen LogP contribution in [-0.4, -0.2) is 17.2 Å². The number of aryl methyl sites for hydroxylation is 1. The average molecular weight is 274 g/mol. The summed E-state index contributed by atoms with van der Waals surface area (Å²) in [5.74, 6) is 0.963. The van der Waals surface area contributed by atoms with E-state index in [4.69, 9.17) is 9.84 Å². The van der Waals surface area contributed by atoms with Gasteiger partial charge in [0.25, 0.3) is 0 Å². The summed E-state index contributed by atoms with van der Waals surface area (Å²) >= 11 is 0. The van der Waals surface area contributed by atoms with Gasteiger partial charge in [0.15, 0.2) is 0 Å². The van der Waals surface area contributed by atoms with E-state index in [-0.39, 0.29) is 6.42 Å². The molecule has 0 saturated heterocycles. The molecule has 0 aromatic heterocycles. The van der Waals surface area contributed by atoms with Crippen LogP contribution >= 0.6 is 0 Å². The van der Waals surface area contributed by atoms with Crippen molar-refractivity contribution in [2.75, 3.05) is 0 Å². The fourth-order valence-electron chi connectivity index (χ4n) is 3.54. The van der Waals surface area contributed by atoms with Crippen molar-refractivity contribution in [1.82, 2.24) is 0 Å². The summed E-state index contributed by atoms with van der Waals surface area (Å²) < 4.78 is 6.12. The number of fused-ring (bicyclic) bond motifs is 1. The number of hydrogen-bond acceptors (Lipinski definition) is 2. The van der Waals surface area contributed by atoms with Crippen molar-refractivity contribution in [1.29, 1.82) is 0 Å². The van der Waals surface area contributed by atoms with Crippen LogP contribution in [-0.2, 0) is 17.6 Å². The SMILES string of the molecule is O=C(O)Cc1ccc2c(c1)OC(CC1CCCC1)CC2. The molecule has 1 unspecified atom stereocenters. The fourth-order valence-corrected chi connectivity index (χ4v) is 3.54. The largest absolute Gasteiger partial charge is 0.490 e. The Balaban J connectivity index is 1.67. The van der Waals surface area contributed by atoms with E-state index in [0.29, 0.717) is 6.10 Å². The van der Waals surface area contributed by atoms with Crippen LogP contribution in [0.1, 0.15) is 49.7 Å². The lowest BCUT2D eigenvalue weighted by Gasteiger charge is -2.28. The van der Waals surface area contributed by atoms with E-state index in [1.165, 1.54) is 37.7 Å². The number of hydrogen-bond donors (Lipinski definition) is 1. The molecule has 1 N–H and O–H groups in total. The molecule has 3 nitrogen and oxygen atoms in total. The van der Waals surface area contributed by atoms with Crippen molar-refractivity contribution in [3.63, 3.8) is 0 Å². The fraction of sp³-hybridized carbons (Fsp3) is 0.588. The van der Waals surface area contributed by atoms with Gasteiger partial charge in [-0.1, -0.05) is 37.8 Å². The molecule has 1 saturated carbocycles. The zero-order valence-electron chi connectivity index (χ0n) is 11.8. The predicted molar refractivity (Wildman–Crippen MR) is 77.1 cm³/mol.